The molecule has 0 aliphatic rings. The quantitative estimate of drug-likeness (QED) is 0.783. The van der Waals surface area contributed by atoms with E-state index in [2.05, 4.69) is 10.3 Å². The molecule has 3 rings (SSSR count). The molecule has 118 valence electrons. The Morgan fingerprint density at radius 3 is 2.83 bits per heavy atom. The summed E-state index contributed by atoms with van der Waals surface area (Å²) >= 11 is 5.79. The van der Waals surface area contributed by atoms with Crippen LogP contribution < -0.4 is 10.1 Å². The highest BCUT2D eigenvalue weighted by molar-refractivity contribution is 6.30. The molecule has 2 heterocycles. The first-order valence-electron chi connectivity index (χ1n) is 7.20. The van der Waals surface area contributed by atoms with E-state index in [1.807, 2.05) is 35.9 Å². The molecule has 3 aromatic rings. The van der Waals surface area contributed by atoms with E-state index in [1.54, 1.807) is 24.3 Å². The zero-order valence-electron chi connectivity index (χ0n) is 12.6. The number of rotatable bonds is 5. The number of carbonyl (C=O) groups excluding carboxylic acids is 1. The van der Waals surface area contributed by atoms with E-state index in [-0.39, 0.29) is 12.5 Å². The van der Waals surface area contributed by atoms with Crippen LogP contribution in [0, 0.1) is 6.92 Å². The molecule has 1 amide bonds. The molecule has 0 radical (unpaired) electrons. The SMILES string of the molecule is Cc1cccn2cc(CNC(=O)COc3ccc(Cl)cc3)nc12. The van der Waals surface area contributed by atoms with Crippen molar-refractivity contribution in [3.63, 3.8) is 0 Å². The zero-order chi connectivity index (χ0) is 16.2. The number of hydrogen-bond donors (Lipinski definition) is 1. The minimum Gasteiger partial charge on any atom is -0.484 e. The Bertz CT molecular complexity index is 827. The third kappa shape index (κ3) is 3.81. The van der Waals surface area contributed by atoms with Crippen LogP contribution in [0.3, 0.4) is 0 Å². The number of hydrogen-bond acceptors (Lipinski definition) is 3. The van der Waals surface area contributed by atoms with E-state index in [1.165, 1.54) is 0 Å². The second-order valence-electron chi connectivity index (χ2n) is 5.17. The average Bonchev–Trinajstić information content (AvgIpc) is 2.97. The third-order valence-corrected chi connectivity index (χ3v) is 3.63. The van der Waals surface area contributed by atoms with Crippen molar-refractivity contribution >= 4 is 23.2 Å². The maximum atomic E-state index is 11.8. The van der Waals surface area contributed by atoms with Crippen LogP contribution in [0.2, 0.25) is 5.02 Å². The second kappa shape index (κ2) is 6.71. The molecule has 6 heteroatoms. The summed E-state index contributed by atoms with van der Waals surface area (Å²) in [5.74, 6) is 0.404. The van der Waals surface area contributed by atoms with Crippen LogP contribution in [0.5, 0.6) is 5.75 Å². The number of fused-ring (bicyclic) bond motifs is 1. The minimum atomic E-state index is -0.200. The van der Waals surface area contributed by atoms with E-state index in [9.17, 15) is 4.79 Å². The van der Waals surface area contributed by atoms with E-state index in [0.717, 1.165) is 16.9 Å². The molecule has 23 heavy (non-hydrogen) atoms. The van der Waals surface area contributed by atoms with Gasteiger partial charge in [-0.1, -0.05) is 17.7 Å². The number of nitrogens with one attached hydrogen (secondary N) is 1. The van der Waals surface area contributed by atoms with Crippen molar-refractivity contribution in [3.8, 4) is 5.75 Å². The Labute approximate surface area is 138 Å². The van der Waals surface area contributed by atoms with Crippen molar-refractivity contribution in [2.75, 3.05) is 6.61 Å². The molecule has 0 spiro atoms. The number of carbonyl (C=O) groups is 1. The van der Waals surface area contributed by atoms with Crippen LogP contribution in [-0.4, -0.2) is 21.9 Å². The highest BCUT2D eigenvalue weighted by Gasteiger charge is 2.06. The third-order valence-electron chi connectivity index (χ3n) is 3.38. The Morgan fingerprint density at radius 2 is 2.09 bits per heavy atom. The van der Waals surface area contributed by atoms with Gasteiger partial charge in [0.2, 0.25) is 0 Å². The van der Waals surface area contributed by atoms with Gasteiger partial charge in [0.15, 0.2) is 6.61 Å². The average molecular weight is 330 g/mol. The molecule has 0 aliphatic heterocycles. The summed E-state index contributed by atoms with van der Waals surface area (Å²) in [7, 11) is 0. The van der Waals surface area contributed by atoms with E-state index in [4.69, 9.17) is 16.3 Å². The van der Waals surface area contributed by atoms with Gasteiger partial charge in [0.05, 0.1) is 12.2 Å². The first-order valence-corrected chi connectivity index (χ1v) is 7.58. The molecule has 0 fully saturated rings. The number of amides is 1. The fraction of sp³-hybridized carbons (Fsp3) is 0.176. The summed E-state index contributed by atoms with van der Waals surface area (Å²) in [6.07, 6.45) is 3.84. The van der Waals surface area contributed by atoms with Gasteiger partial charge < -0.3 is 14.5 Å². The van der Waals surface area contributed by atoms with Crippen LogP contribution in [0.25, 0.3) is 5.65 Å². The van der Waals surface area contributed by atoms with Crippen molar-refractivity contribution in [3.05, 3.63) is 65.1 Å². The number of benzene rings is 1. The highest BCUT2D eigenvalue weighted by Crippen LogP contribution is 2.15. The maximum absolute atomic E-state index is 11.8. The number of halogens is 1. The van der Waals surface area contributed by atoms with Gasteiger partial charge in [0.25, 0.3) is 5.91 Å². The molecule has 5 nitrogen and oxygen atoms in total. The highest BCUT2D eigenvalue weighted by atomic mass is 35.5. The van der Waals surface area contributed by atoms with Crippen LogP contribution in [0.1, 0.15) is 11.3 Å². The standard InChI is InChI=1S/C17H16ClN3O2/c1-12-3-2-8-21-10-14(20-17(12)21)9-19-16(22)11-23-15-6-4-13(18)5-7-15/h2-8,10H,9,11H2,1H3,(H,19,22). The van der Waals surface area contributed by atoms with Gasteiger partial charge in [-0.2, -0.15) is 0 Å². The van der Waals surface area contributed by atoms with Crippen LogP contribution >= 0.6 is 11.6 Å². The van der Waals surface area contributed by atoms with Gasteiger partial charge in [0.1, 0.15) is 11.4 Å². The molecular weight excluding hydrogens is 314 g/mol. The fourth-order valence-corrected chi connectivity index (χ4v) is 2.34. The van der Waals surface area contributed by atoms with E-state index in [0.29, 0.717) is 17.3 Å². The summed E-state index contributed by atoms with van der Waals surface area (Å²) in [6.45, 7) is 2.32. The van der Waals surface area contributed by atoms with Gasteiger partial charge >= 0.3 is 0 Å². The molecule has 0 aliphatic carbocycles. The summed E-state index contributed by atoms with van der Waals surface area (Å²) in [5, 5.41) is 3.42. The van der Waals surface area contributed by atoms with Gasteiger partial charge in [-0.3, -0.25) is 4.79 Å². The van der Waals surface area contributed by atoms with Gasteiger partial charge in [-0.25, -0.2) is 4.98 Å². The Kier molecular flexibility index (Phi) is 4.48. The summed E-state index contributed by atoms with van der Waals surface area (Å²) in [5.41, 5.74) is 2.80. The van der Waals surface area contributed by atoms with Gasteiger partial charge in [0, 0.05) is 17.4 Å². The number of aryl methyl sites for hydroxylation is 1. The first kappa shape index (κ1) is 15.4. The predicted molar refractivity (Wildman–Crippen MR) is 88.7 cm³/mol. The normalized spacial score (nSPS) is 10.7. The summed E-state index contributed by atoms with van der Waals surface area (Å²) in [6, 6.07) is 10.8. The molecule has 0 atom stereocenters. The van der Waals surface area contributed by atoms with Crippen LogP contribution in [0.15, 0.2) is 48.8 Å². The van der Waals surface area contributed by atoms with Crippen LogP contribution in [-0.2, 0) is 11.3 Å². The molecule has 1 aromatic carbocycles. The number of imidazole rings is 1. The molecular formula is C17H16ClN3O2. The van der Waals surface area contributed by atoms with Crippen LogP contribution in [0.4, 0.5) is 0 Å². The molecule has 2 aromatic heterocycles. The first-order chi connectivity index (χ1) is 11.1. The van der Waals surface area contributed by atoms with Crippen molar-refractivity contribution in [2.24, 2.45) is 0 Å². The Hall–Kier alpha value is -2.53. The van der Waals surface area contributed by atoms with Gasteiger partial charge in [-0.05, 0) is 42.8 Å². The van der Waals surface area contributed by atoms with Crippen molar-refractivity contribution in [1.82, 2.24) is 14.7 Å². The second-order valence-corrected chi connectivity index (χ2v) is 5.61. The topological polar surface area (TPSA) is 55.6 Å². The zero-order valence-corrected chi connectivity index (χ0v) is 13.4. The number of aromatic nitrogens is 2. The summed E-state index contributed by atoms with van der Waals surface area (Å²) in [4.78, 5) is 16.3. The van der Waals surface area contributed by atoms with E-state index < -0.39 is 0 Å². The lowest BCUT2D eigenvalue weighted by Gasteiger charge is -2.06. The van der Waals surface area contributed by atoms with Gasteiger partial charge in [-0.15, -0.1) is 0 Å². The lowest BCUT2D eigenvalue weighted by Crippen LogP contribution is -2.28. The molecule has 0 unspecified atom stereocenters. The van der Waals surface area contributed by atoms with Crippen molar-refractivity contribution in [2.45, 2.75) is 13.5 Å². The van der Waals surface area contributed by atoms with Crippen molar-refractivity contribution in [1.29, 1.82) is 0 Å². The van der Waals surface area contributed by atoms with Crippen molar-refractivity contribution < 1.29 is 9.53 Å². The smallest absolute Gasteiger partial charge is 0.258 e. The largest absolute Gasteiger partial charge is 0.484 e. The molecule has 0 bridgehead atoms. The lowest BCUT2D eigenvalue weighted by atomic mass is 10.3. The monoisotopic (exact) mass is 329 g/mol. The number of pyridine rings is 1. The predicted octanol–water partition coefficient (Wildman–Crippen LogP) is 2.99. The lowest BCUT2D eigenvalue weighted by molar-refractivity contribution is -0.123. The molecule has 1 N–H and O–H groups in total. The maximum Gasteiger partial charge on any atom is 0.258 e. The van der Waals surface area contributed by atoms with E-state index >= 15 is 0 Å². The fourth-order valence-electron chi connectivity index (χ4n) is 2.21. The Balaban J connectivity index is 1.53. The molecule has 0 saturated heterocycles. The molecule has 0 saturated carbocycles. The summed E-state index contributed by atoms with van der Waals surface area (Å²) < 4.78 is 7.34. The Morgan fingerprint density at radius 1 is 1.30 bits per heavy atom. The number of nitrogens with zero attached hydrogens (tertiary/aromatic N) is 2. The minimum absolute atomic E-state index is 0.0476. The number of ether oxygens (including phenoxy) is 1.